The summed E-state index contributed by atoms with van der Waals surface area (Å²) in [6.07, 6.45) is 9.89. The smallest absolute Gasteiger partial charge is 0.0357 e. The molecule has 0 bridgehead atoms. The van der Waals surface area contributed by atoms with Crippen molar-refractivity contribution in [3.05, 3.63) is 0 Å². The fourth-order valence-corrected chi connectivity index (χ4v) is 1.69. The van der Waals surface area contributed by atoms with Crippen molar-refractivity contribution in [2.45, 2.75) is 79.6 Å². The van der Waals surface area contributed by atoms with Crippen LogP contribution in [-0.4, -0.2) is 0 Å². The first-order chi connectivity index (χ1) is 6.48. The van der Waals surface area contributed by atoms with Crippen molar-refractivity contribution >= 4 is 0 Å². The summed E-state index contributed by atoms with van der Waals surface area (Å²) in [4.78, 5) is 0. The van der Waals surface area contributed by atoms with Gasteiger partial charge in [0.25, 0.3) is 0 Å². The second-order valence-electron chi connectivity index (χ2n) is 5.86. The van der Waals surface area contributed by atoms with E-state index in [1.54, 1.807) is 0 Å². The molecule has 0 fully saturated rings. The Morgan fingerprint density at radius 1 is 0.929 bits per heavy atom. The van der Waals surface area contributed by atoms with Crippen LogP contribution in [0.2, 0.25) is 0 Å². The first-order valence-corrected chi connectivity index (χ1v) is 6.48. The molecule has 0 aliphatic heterocycles. The first-order valence-electron chi connectivity index (χ1n) is 6.48. The predicted molar refractivity (Wildman–Crippen MR) is 66.6 cm³/mol. The van der Waals surface area contributed by atoms with Gasteiger partial charge in [0.05, 0.1) is 0 Å². The van der Waals surface area contributed by atoms with Gasteiger partial charge in [-0.1, -0.05) is 73.1 Å². The molecular formula is C14H30. The van der Waals surface area contributed by atoms with E-state index < -0.39 is 0 Å². The van der Waals surface area contributed by atoms with Crippen LogP contribution in [0.3, 0.4) is 0 Å². The van der Waals surface area contributed by atoms with Gasteiger partial charge in [0.1, 0.15) is 0 Å². The lowest BCUT2D eigenvalue weighted by molar-refractivity contribution is 0.306. The van der Waals surface area contributed by atoms with Crippen LogP contribution in [0.4, 0.5) is 0 Å². The maximum absolute atomic E-state index is 2.39. The predicted octanol–water partition coefficient (Wildman–Crippen LogP) is 5.42. The van der Waals surface area contributed by atoms with Gasteiger partial charge >= 0.3 is 0 Å². The third-order valence-corrected chi connectivity index (χ3v) is 3.34. The summed E-state index contributed by atoms with van der Waals surface area (Å²) in [6.45, 7) is 11.7. The summed E-state index contributed by atoms with van der Waals surface area (Å²) in [6, 6.07) is 0. The fourth-order valence-electron chi connectivity index (χ4n) is 1.69. The number of hydrogen-bond donors (Lipinski definition) is 0. The molecule has 0 radical (unpaired) electrons. The van der Waals surface area contributed by atoms with Crippen LogP contribution < -0.4 is 0 Å². The SMILES string of the molecule is CCC(C)(C)CCCCCCC(C)C. The highest BCUT2D eigenvalue weighted by Crippen LogP contribution is 2.27. The van der Waals surface area contributed by atoms with E-state index in [2.05, 4.69) is 34.6 Å². The second-order valence-corrected chi connectivity index (χ2v) is 5.86. The third kappa shape index (κ3) is 8.59. The molecule has 0 heteroatoms. The summed E-state index contributed by atoms with van der Waals surface area (Å²) in [5, 5.41) is 0. The molecular weight excluding hydrogens is 168 g/mol. The van der Waals surface area contributed by atoms with Gasteiger partial charge in [-0.15, -0.1) is 0 Å². The van der Waals surface area contributed by atoms with Gasteiger partial charge in [-0.3, -0.25) is 0 Å². The molecule has 0 aromatic heterocycles. The number of rotatable bonds is 8. The zero-order chi connectivity index (χ0) is 11.0. The Kier molecular flexibility index (Phi) is 7.31. The average Bonchev–Trinajstić information content (AvgIpc) is 2.10. The standard InChI is InChI=1S/C14H30/c1-6-14(4,5)12-10-8-7-9-11-13(2)3/h13H,6-12H2,1-5H3. The maximum atomic E-state index is 2.39. The van der Waals surface area contributed by atoms with Crippen LogP contribution in [0.1, 0.15) is 79.6 Å². The van der Waals surface area contributed by atoms with Gasteiger partial charge in [0.2, 0.25) is 0 Å². The van der Waals surface area contributed by atoms with Crippen molar-refractivity contribution in [1.82, 2.24) is 0 Å². The van der Waals surface area contributed by atoms with E-state index in [0.29, 0.717) is 5.41 Å². The van der Waals surface area contributed by atoms with Crippen LogP contribution in [0.5, 0.6) is 0 Å². The van der Waals surface area contributed by atoms with Crippen molar-refractivity contribution in [1.29, 1.82) is 0 Å². The lowest BCUT2D eigenvalue weighted by atomic mass is 9.84. The lowest BCUT2D eigenvalue weighted by Crippen LogP contribution is -2.08. The van der Waals surface area contributed by atoms with Crippen LogP contribution in [-0.2, 0) is 0 Å². The summed E-state index contributed by atoms with van der Waals surface area (Å²) in [5.74, 6) is 0.891. The molecule has 0 aromatic carbocycles. The largest absolute Gasteiger partial charge is 0.0649 e. The summed E-state index contributed by atoms with van der Waals surface area (Å²) in [5.41, 5.74) is 0.581. The first kappa shape index (κ1) is 14.0. The average molecular weight is 198 g/mol. The quantitative estimate of drug-likeness (QED) is 0.457. The molecule has 0 amide bonds. The van der Waals surface area contributed by atoms with Crippen molar-refractivity contribution < 1.29 is 0 Å². The molecule has 0 unspecified atom stereocenters. The van der Waals surface area contributed by atoms with Gasteiger partial charge in [0, 0.05) is 0 Å². The Balaban J connectivity index is 3.21. The van der Waals surface area contributed by atoms with E-state index in [1.165, 1.54) is 44.9 Å². The summed E-state index contributed by atoms with van der Waals surface area (Å²) in [7, 11) is 0. The van der Waals surface area contributed by atoms with Crippen molar-refractivity contribution in [2.75, 3.05) is 0 Å². The second kappa shape index (κ2) is 7.31. The van der Waals surface area contributed by atoms with Gasteiger partial charge in [0.15, 0.2) is 0 Å². The number of hydrogen-bond acceptors (Lipinski definition) is 0. The van der Waals surface area contributed by atoms with Crippen LogP contribution >= 0.6 is 0 Å². The normalized spacial score (nSPS) is 12.4. The Morgan fingerprint density at radius 3 is 2.00 bits per heavy atom. The monoisotopic (exact) mass is 198 g/mol. The molecule has 0 atom stereocenters. The molecule has 0 saturated carbocycles. The van der Waals surface area contributed by atoms with E-state index in [1.807, 2.05) is 0 Å². The number of unbranched alkanes of at least 4 members (excludes halogenated alkanes) is 3. The van der Waals surface area contributed by atoms with Crippen LogP contribution in [0.15, 0.2) is 0 Å². The highest BCUT2D eigenvalue weighted by atomic mass is 14.2. The summed E-state index contributed by atoms with van der Waals surface area (Å²) < 4.78 is 0. The Labute approximate surface area is 91.5 Å². The molecule has 86 valence electrons. The fraction of sp³-hybridized carbons (Fsp3) is 1.00. The van der Waals surface area contributed by atoms with E-state index in [0.717, 1.165) is 5.92 Å². The van der Waals surface area contributed by atoms with Crippen LogP contribution in [0, 0.1) is 11.3 Å². The third-order valence-electron chi connectivity index (χ3n) is 3.34. The van der Waals surface area contributed by atoms with Crippen molar-refractivity contribution in [3.63, 3.8) is 0 Å². The zero-order valence-electron chi connectivity index (χ0n) is 11.0. The Hall–Kier alpha value is 0. The molecule has 14 heavy (non-hydrogen) atoms. The molecule has 0 nitrogen and oxygen atoms in total. The van der Waals surface area contributed by atoms with E-state index in [-0.39, 0.29) is 0 Å². The minimum atomic E-state index is 0.581. The minimum absolute atomic E-state index is 0.581. The van der Waals surface area contributed by atoms with E-state index in [9.17, 15) is 0 Å². The lowest BCUT2D eigenvalue weighted by Gasteiger charge is -2.22. The zero-order valence-corrected chi connectivity index (χ0v) is 11.0. The van der Waals surface area contributed by atoms with E-state index in [4.69, 9.17) is 0 Å². The summed E-state index contributed by atoms with van der Waals surface area (Å²) >= 11 is 0. The molecule has 0 N–H and O–H groups in total. The highest BCUT2D eigenvalue weighted by molar-refractivity contribution is 4.65. The van der Waals surface area contributed by atoms with E-state index >= 15 is 0 Å². The van der Waals surface area contributed by atoms with Gasteiger partial charge < -0.3 is 0 Å². The molecule has 0 spiro atoms. The van der Waals surface area contributed by atoms with Gasteiger partial charge in [-0.2, -0.15) is 0 Å². The van der Waals surface area contributed by atoms with Crippen LogP contribution in [0.25, 0.3) is 0 Å². The Morgan fingerprint density at radius 2 is 1.50 bits per heavy atom. The van der Waals surface area contributed by atoms with Crippen molar-refractivity contribution in [3.8, 4) is 0 Å². The molecule has 0 aliphatic carbocycles. The molecule has 0 aliphatic rings. The highest BCUT2D eigenvalue weighted by Gasteiger charge is 2.13. The maximum Gasteiger partial charge on any atom is -0.0357 e. The molecule has 0 saturated heterocycles. The Bertz CT molecular complexity index is 122. The van der Waals surface area contributed by atoms with Gasteiger partial charge in [-0.25, -0.2) is 0 Å². The minimum Gasteiger partial charge on any atom is -0.0649 e. The van der Waals surface area contributed by atoms with Crippen molar-refractivity contribution in [2.24, 2.45) is 11.3 Å². The topological polar surface area (TPSA) is 0 Å². The molecule has 0 aromatic rings. The van der Waals surface area contributed by atoms with Gasteiger partial charge in [-0.05, 0) is 17.8 Å². The molecule has 0 rings (SSSR count). The molecule has 0 heterocycles.